The fourth-order valence-corrected chi connectivity index (χ4v) is 3.38. The molecule has 0 atom stereocenters. The van der Waals surface area contributed by atoms with Crippen molar-refractivity contribution in [3.8, 4) is 5.75 Å². The number of aromatic nitrogens is 2. The van der Waals surface area contributed by atoms with Gasteiger partial charge in [-0.25, -0.2) is 0 Å². The molecule has 1 heterocycles. The molecule has 0 aliphatic rings. The van der Waals surface area contributed by atoms with Crippen molar-refractivity contribution in [1.82, 2.24) is 14.7 Å². The normalized spacial score (nSPS) is 10.6. The summed E-state index contributed by atoms with van der Waals surface area (Å²) in [6, 6.07) is 13.1. The van der Waals surface area contributed by atoms with Gasteiger partial charge in [0.1, 0.15) is 12.4 Å². The lowest BCUT2D eigenvalue weighted by Gasteiger charge is -2.18. The van der Waals surface area contributed by atoms with Crippen molar-refractivity contribution < 1.29 is 14.5 Å². The molecule has 3 aromatic rings. The number of aryl methyl sites for hydroxylation is 1. The van der Waals surface area contributed by atoms with Gasteiger partial charge in [-0.3, -0.25) is 19.6 Å². The van der Waals surface area contributed by atoms with E-state index in [2.05, 4.69) is 21.0 Å². The van der Waals surface area contributed by atoms with Crippen LogP contribution in [0.1, 0.15) is 28.5 Å². The van der Waals surface area contributed by atoms with Crippen LogP contribution in [0.15, 0.2) is 59.2 Å². The minimum Gasteiger partial charge on any atom is -0.489 e. The van der Waals surface area contributed by atoms with E-state index < -0.39 is 4.92 Å². The molecule has 0 bridgehead atoms. The summed E-state index contributed by atoms with van der Waals surface area (Å²) in [4.78, 5) is 24.8. The van der Waals surface area contributed by atoms with Gasteiger partial charge in [0.05, 0.1) is 27.8 Å². The minimum atomic E-state index is -0.457. The fraction of sp³-hybridized carbons (Fsp3) is 0.238. The molecular formula is C21H21BrN4O4. The number of amides is 1. The summed E-state index contributed by atoms with van der Waals surface area (Å²) in [6.07, 6.45) is 1.73. The second-order valence-electron chi connectivity index (χ2n) is 6.66. The molecule has 0 aliphatic carbocycles. The Bertz CT molecular complexity index is 1050. The smallest absolute Gasteiger partial charge is 0.269 e. The molecule has 1 aromatic heterocycles. The van der Waals surface area contributed by atoms with Gasteiger partial charge in [0, 0.05) is 31.3 Å². The third-order valence-corrected chi connectivity index (χ3v) is 5.22. The maximum absolute atomic E-state index is 12.9. The lowest BCUT2D eigenvalue weighted by atomic mass is 10.1. The zero-order valence-electron chi connectivity index (χ0n) is 16.6. The van der Waals surface area contributed by atoms with Crippen LogP contribution in [-0.2, 0) is 19.7 Å². The Morgan fingerprint density at radius 3 is 2.67 bits per heavy atom. The highest BCUT2D eigenvalue weighted by Crippen LogP contribution is 2.20. The molecule has 0 unspecified atom stereocenters. The number of carbonyl (C=O) groups excluding carboxylic acids is 1. The van der Waals surface area contributed by atoms with E-state index >= 15 is 0 Å². The van der Waals surface area contributed by atoms with E-state index in [1.54, 1.807) is 42.4 Å². The number of nitro benzene ring substituents is 1. The standard InChI is InChI=1S/C21H21BrN4O4/c1-3-25-20(19(22)12-23-25)13-24(2)21(27)16-6-4-5-15(11-16)14-30-18-9-7-17(8-10-18)26(28)29/h4-12H,3,13-14H2,1-2H3. The summed E-state index contributed by atoms with van der Waals surface area (Å²) < 4.78 is 8.41. The first-order valence-corrected chi connectivity index (χ1v) is 10.1. The number of carbonyl (C=O) groups is 1. The van der Waals surface area contributed by atoms with E-state index in [4.69, 9.17) is 4.74 Å². The molecule has 156 valence electrons. The van der Waals surface area contributed by atoms with E-state index in [1.165, 1.54) is 12.1 Å². The van der Waals surface area contributed by atoms with Gasteiger partial charge in [-0.05, 0) is 52.7 Å². The predicted molar refractivity (Wildman–Crippen MR) is 115 cm³/mol. The molecule has 2 aromatic carbocycles. The van der Waals surface area contributed by atoms with Gasteiger partial charge < -0.3 is 9.64 Å². The van der Waals surface area contributed by atoms with Gasteiger partial charge in [-0.15, -0.1) is 0 Å². The van der Waals surface area contributed by atoms with Gasteiger partial charge in [-0.1, -0.05) is 12.1 Å². The first-order chi connectivity index (χ1) is 14.4. The summed E-state index contributed by atoms with van der Waals surface area (Å²) in [6.45, 7) is 3.39. The van der Waals surface area contributed by atoms with E-state index in [0.29, 0.717) is 17.9 Å². The van der Waals surface area contributed by atoms with Gasteiger partial charge in [0.25, 0.3) is 11.6 Å². The molecule has 30 heavy (non-hydrogen) atoms. The Morgan fingerprint density at radius 1 is 1.27 bits per heavy atom. The van der Waals surface area contributed by atoms with Crippen LogP contribution >= 0.6 is 15.9 Å². The monoisotopic (exact) mass is 472 g/mol. The fourth-order valence-electron chi connectivity index (χ4n) is 2.96. The zero-order valence-corrected chi connectivity index (χ0v) is 18.2. The van der Waals surface area contributed by atoms with Crippen molar-refractivity contribution in [1.29, 1.82) is 0 Å². The predicted octanol–water partition coefficient (Wildman–Crippen LogP) is 4.42. The molecule has 3 rings (SSSR count). The van der Waals surface area contributed by atoms with Gasteiger partial charge in [0.2, 0.25) is 0 Å². The average Bonchev–Trinajstić information content (AvgIpc) is 3.11. The highest BCUT2D eigenvalue weighted by molar-refractivity contribution is 9.10. The van der Waals surface area contributed by atoms with Crippen molar-refractivity contribution in [2.45, 2.75) is 26.6 Å². The molecule has 9 heteroatoms. The van der Waals surface area contributed by atoms with E-state index in [0.717, 1.165) is 22.3 Å². The number of benzene rings is 2. The van der Waals surface area contributed by atoms with Crippen molar-refractivity contribution in [2.24, 2.45) is 0 Å². The number of hydrogen-bond acceptors (Lipinski definition) is 5. The Labute approximate surface area is 182 Å². The second kappa shape index (κ2) is 9.53. The largest absolute Gasteiger partial charge is 0.489 e. The van der Waals surface area contributed by atoms with Gasteiger partial charge in [0.15, 0.2) is 0 Å². The van der Waals surface area contributed by atoms with Crippen LogP contribution in [0.2, 0.25) is 0 Å². The lowest BCUT2D eigenvalue weighted by Crippen LogP contribution is -2.27. The topological polar surface area (TPSA) is 90.5 Å². The molecule has 0 radical (unpaired) electrons. The molecule has 0 N–H and O–H groups in total. The van der Waals surface area contributed by atoms with E-state index in [1.807, 2.05) is 23.7 Å². The number of ether oxygens (including phenoxy) is 1. The quantitative estimate of drug-likeness (QED) is 0.357. The molecule has 8 nitrogen and oxygen atoms in total. The van der Waals surface area contributed by atoms with Crippen molar-refractivity contribution in [3.05, 3.63) is 86.1 Å². The summed E-state index contributed by atoms with van der Waals surface area (Å²) in [5.41, 5.74) is 2.33. The van der Waals surface area contributed by atoms with Crippen LogP contribution in [-0.4, -0.2) is 32.6 Å². The summed E-state index contributed by atoms with van der Waals surface area (Å²) >= 11 is 3.48. The summed E-state index contributed by atoms with van der Waals surface area (Å²) in [7, 11) is 1.75. The van der Waals surface area contributed by atoms with Crippen LogP contribution in [0.5, 0.6) is 5.75 Å². The summed E-state index contributed by atoms with van der Waals surface area (Å²) in [5.74, 6) is 0.412. The first kappa shape index (κ1) is 21.5. The minimum absolute atomic E-state index is 0.00836. The third kappa shape index (κ3) is 5.04. The van der Waals surface area contributed by atoms with E-state index in [-0.39, 0.29) is 18.2 Å². The third-order valence-electron chi connectivity index (χ3n) is 4.56. The molecule has 0 aliphatic heterocycles. The van der Waals surface area contributed by atoms with Crippen LogP contribution in [0.25, 0.3) is 0 Å². The van der Waals surface area contributed by atoms with Crippen molar-refractivity contribution >= 4 is 27.5 Å². The Morgan fingerprint density at radius 2 is 2.00 bits per heavy atom. The number of non-ortho nitro benzene ring substituents is 1. The number of nitro groups is 1. The Balaban J connectivity index is 1.65. The molecule has 0 saturated heterocycles. The highest BCUT2D eigenvalue weighted by atomic mass is 79.9. The first-order valence-electron chi connectivity index (χ1n) is 9.31. The molecular weight excluding hydrogens is 452 g/mol. The van der Waals surface area contributed by atoms with E-state index in [9.17, 15) is 14.9 Å². The molecule has 0 saturated carbocycles. The highest BCUT2D eigenvalue weighted by Gasteiger charge is 2.16. The molecule has 0 fully saturated rings. The Kier molecular flexibility index (Phi) is 6.83. The molecule has 0 spiro atoms. The van der Waals surface area contributed by atoms with Crippen molar-refractivity contribution in [3.63, 3.8) is 0 Å². The SMILES string of the molecule is CCn1ncc(Br)c1CN(C)C(=O)c1cccc(COc2ccc([N+](=O)[O-])cc2)c1. The molecule has 1 amide bonds. The lowest BCUT2D eigenvalue weighted by molar-refractivity contribution is -0.384. The number of nitrogens with zero attached hydrogens (tertiary/aromatic N) is 4. The maximum atomic E-state index is 12.9. The number of rotatable bonds is 8. The maximum Gasteiger partial charge on any atom is 0.269 e. The zero-order chi connectivity index (χ0) is 21.7. The average molecular weight is 473 g/mol. The van der Waals surface area contributed by atoms with Gasteiger partial charge >= 0.3 is 0 Å². The van der Waals surface area contributed by atoms with Crippen LogP contribution < -0.4 is 4.74 Å². The second-order valence-corrected chi connectivity index (χ2v) is 7.51. The van der Waals surface area contributed by atoms with Crippen LogP contribution in [0.4, 0.5) is 5.69 Å². The Hall–Kier alpha value is -3.20. The van der Waals surface area contributed by atoms with Crippen molar-refractivity contribution in [2.75, 3.05) is 7.05 Å². The summed E-state index contributed by atoms with van der Waals surface area (Å²) in [5, 5.41) is 15.0. The van der Waals surface area contributed by atoms with Crippen LogP contribution in [0.3, 0.4) is 0 Å². The van der Waals surface area contributed by atoms with Crippen LogP contribution in [0, 0.1) is 10.1 Å². The number of hydrogen-bond donors (Lipinski definition) is 0. The number of halogens is 1. The van der Waals surface area contributed by atoms with Gasteiger partial charge in [-0.2, -0.15) is 5.10 Å².